The van der Waals surface area contributed by atoms with Crippen LogP contribution in [-0.4, -0.2) is 34.2 Å². The van der Waals surface area contributed by atoms with E-state index in [0.717, 1.165) is 30.8 Å². The van der Waals surface area contributed by atoms with Gasteiger partial charge in [0.15, 0.2) is 5.82 Å². The molecule has 2 heterocycles. The van der Waals surface area contributed by atoms with Crippen LogP contribution in [0.25, 0.3) is 5.52 Å². The first kappa shape index (κ1) is 12.8. The van der Waals surface area contributed by atoms with E-state index in [0.29, 0.717) is 12.5 Å². The van der Waals surface area contributed by atoms with E-state index in [-0.39, 0.29) is 0 Å². The Labute approximate surface area is 108 Å². The van der Waals surface area contributed by atoms with Crippen LogP contribution in [0, 0.1) is 5.92 Å². The number of anilines is 1. The molecule has 98 valence electrons. The molecule has 18 heavy (non-hydrogen) atoms. The minimum absolute atomic E-state index is 0.591. The zero-order valence-electron chi connectivity index (χ0n) is 11.1. The fourth-order valence-electron chi connectivity index (χ4n) is 2.09. The Morgan fingerprint density at radius 3 is 2.94 bits per heavy atom. The second kappa shape index (κ2) is 5.82. The summed E-state index contributed by atoms with van der Waals surface area (Å²) in [4.78, 5) is 6.81. The van der Waals surface area contributed by atoms with Gasteiger partial charge in [0.25, 0.3) is 0 Å². The first-order chi connectivity index (χ1) is 8.72. The molecular weight excluding hydrogens is 226 g/mol. The van der Waals surface area contributed by atoms with Gasteiger partial charge in [-0.25, -0.2) is 9.50 Å². The third-order valence-corrected chi connectivity index (χ3v) is 2.82. The van der Waals surface area contributed by atoms with Crippen LogP contribution in [0.1, 0.15) is 20.3 Å². The minimum Gasteiger partial charge on any atom is -0.355 e. The van der Waals surface area contributed by atoms with Gasteiger partial charge in [-0.2, -0.15) is 5.10 Å². The zero-order chi connectivity index (χ0) is 13.0. The summed E-state index contributed by atoms with van der Waals surface area (Å²) in [6.07, 6.45) is 6.45. The Kier molecular flexibility index (Phi) is 4.15. The molecule has 2 aromatic rings. The van der Waals surface area contributed by atoms with Gasteiger partial charge in [-0.05, 0) is 24.9 Å². The van der Waals surface area contributed by atoms with Crippen LogP contribution >= 0.6 is 0 Å². The maximum absolute atomic E-state index is 5.61. The fraction of sp³-hybridized carbons (Fsp3) is 0.538. The molecule has 0 fully saturated rings. The van der Waals surface area contributed by atoms with E-state index in [2.05, 4.69) is 28.8 Å². The molecular formula is C13H21N5. The summed E-state index contributed by atoms with van der Waals surface area (Å²) in [5.41, 5.74) is 6.66. The predicted molar refractivity (Wildman–Crippen MR) is 73.7 cm³/mol. The highest BCUT2D eigenvalue weighted by Gasteiger charge is 2.13. The molecule has 0 aliphatic rings. The Morgan fingerprint density at radius 1 is 1.39 bits per heavy atom. The number of hydrogen-bond donors (Lipinski definition) is 1. The van der Waals surface area contributed by atoms with Crippen molar-refractivity contribution in [3.8, 4) is 0 Å². The van der Waals surface area contributed by atoms with Gasteiger partial charge >= 0.3 is 0 Å². The quantitative estimate of drug-likeness (QED) is 0.841. The molecule has 0 saturated heterocycles. The molecule has 5 nitrogen and oxygen atoms in total. The van der Waals surface area contributed by atoms with Crippen molar-refractivity contribution in [2.24, 2.45) is 11.7 Å². The lowest BCUT2D eigenvalue weighted by atomic mass is 10.2. The minimum atomic E-state index is 0.591. The maximum Gasteiger partial charge on any atom is 0.154 e. The van der Waals surface area contributed by atoms with E-state index < -0.39 is 0 Å². The second-order valence-corrected chi connectivity index (χ2v) is 4.89. The molecule has 0 aliphatic heterocycles. The SMILES string of the molecule is CC(C)CN(CCCN)c1nccn2nccc12. The van der Waals surface area contributed by atoms with Crippen molar-refractivity contribution in [3.05, 3.63) is 24.7 Å². The maximum atomic E-state index is 5.61. The summed E-state index contributed by atoms with van der Waals surface area (Å²) in [5, 5.41) is 4.25. The molecule has 0 saturated carbocycles. The Balaban J connectivity index is 2.30. The van der Waals surface area contributed by atoms with Gasteiger partial charge in [0, 0.05) is 25.5 Å². The molecule has 0 aromatic carbocycles. The molecule has 0 aliphatic carbocycles. The van der Waals surface area contributed by atoms with E-state index in [1.807, 2.05) is 16.8 Å². The zero-order valence-corrected chi connectivity index (χ0v) is 11.1. The normalized spacial score (nSPS) is 11.3. The lowest BCUT2D eigenvalue weighted by Crippen LogP contribution is -2.31. The van der Waals surface area contributed by atoms with Crippen molar-refractivity contribution in [2.45, 2.75) is 20.3 Å². The Hall–Kier alpha value is -1.62. The van der Waals surface area contributed by atoms with Crippen molar-refractivity contribution in [2.75, 3.05) is 24.5 Å². The molecule has 5 heteroatoms. The van der Waals surface area contributed by atoms with Crippen LogP contribution in [0.2, 0.25) is 0 Å². The smallest absolute Gasteiger partial charge is 0.154 e. The summed E-state index contributed by atoms with van der Waals surface area (Å²) in [6.45, 7) is 7.05. The molecule has 0 radical (unpaired) electrons. The van der Waals surface area contributed by atoms with Crippen LogP contribution in [0.5, 0.6) is 0 Å². The highest BCUT2D eigenvalue weighted by atomic mass is 15.3. The number of aromatic nitrogens is 3. The van der Waals surface area contributed by atoms with Crippen molar-refractivity contribution >= 4 is 11.3 Å². The largest absolute Gasteiger partial charge is 0.355 e. The number of nitrogens with zero attached hydrogens (tertiary/aromatic N) is 4. The molecule has 0 spiro atoms. The monoisotopic (exact) mass is 247 g/mol. The van der Waals surface area contributed by atoms with Crippen LogP contribution in [0.15, 0.2) is 24.7 Å². The predicted octanol–water partition coefficient (Wildman–Crippen LogP) is 1.54. The van der Waals surface area contributed by atoms with Gasteiger partial charge in [0.1, 0.15) is 5.52 Å². The lowest BCUT2D eigenvalue weighted by molar-refractivity contribution is 0.596. The number of hydrogen-bond acceptors (Lipinski definition) is 4. The van der Waals surface area contributed by atoms with Crippen LogP contribution in [0.4, 0.5) is 5.82 Å². The highest BCUT2D eigenvalue weighted by Crippen LogP contribution is 2.19. The third-order valence-electron chi connectivity index (χ3n) is 2.82. The molecule has 0 amide bonds. The highest BCUT2D eigenvalue weighted by molar-refractivity contribution is 5.68. The average molecular weight is 247 g/mol. The Morgan fingerprint density at radius 2 is 2.22 bits per heavy atom. The Bertz CT molecular complexity index is 491. The van der Waals surface area contributed by atoms with Crippen molar-refractivity contribution in [1.29, 1.82) is 0 Å². The van der Waals surface area contributed by atoms with Crippen molar-refractivity contribution in [3.63, 3.8) is 0 Å². The van der Waals surface area contributed by atoms with Gasteiger partial charge in [0.2, 0.25) is 0 Å². The second-order valence-electron chi connectivity index (χ2n) is 4.89. The first-order valence-corrected chi connectivity index (χ1v) is 6.45. The van der Waals surface area contributed by atoms with Gasteiger partial charge < -0.3 is 10.6 Å². The number of fused-ring (bicyclic) bond motifs is 1. The van der Waals surface area contributed by atoms with Gasteiger partial charge in [-0.15, -0.1) is 0 Å². The fourth-order valence-corrected chi connectivity index (χ4v) is 2.09. The third kappa shape index (κ3) is 2.79. The number of rotatable bonds is 6. The van der Waals surface area contributed by atoms with Crippen LogP contribution < -0.4 is 10.6 Å². The van der Waals surface area contributed by atoms with E-state index >= 15 is 0 Å². The summed E-state index contributed by atoms with van der Waals surface area (Å²) in [5.74, 6) is 1.59. The van der Waals surface area contributed by atoms with E-state index in [1.54, 1.807) is 12.4 Å². The van der Waals surface area contributed by atoms with Gasteiger partial charge in [0.05, 0.1) is 6.20 Å². The number of nitrogens with two attached hydrogens (primary N) is 1. The van der Waals surface area contributed by atoms with Crippen LogP contribution in [0.3, 0.4) is 0 Å². The lowest BCUT2D eigenvalue weighted by Gasteiger charge is -2.25. The topological polar surface area (TPSA) is 59.5 Å². The van der Waals surface area contributed by atoms with Crippen LogP contribution in [-0.2, 0) is 0 Å². The van der Waals surface area contributed by atoms with Crippen molar-refractivity contribution in [1.82, 2.24) is 14.6 Å². The molecule has 0 unspecified atom stereocenters. The first-order valence-electron chi connectivity index (χ1n) is 6.45. The molecule has 2 N–H and O–H groups in total. The molecule has 0 bridgehead atoms. The summed E-state index contributed by atoms with van der Waals surface area (Å²) >= 11 is 0. The van der Waals surface area contributed by atoms with E-state index in [9.17, 15) is 0 Å². The van der Waals surface area contributed by atoms with Gasteiger partial charge in [-0.1, -0.05) is 13.8 Å². The summed E-state index contributed by atoms with van der Waals surface area (Å²) < 4.78 is 1.86. The molecule has 2 aromatic heterocycles. The molecule has 0 atom stereocenters. The van der Waals surface area contributed by atoms with Crippen molar-refractivity contribution < 1.29 is 0 Å². The van der Waals surface area contributed by atoms with E-state index in [1.165, 1.54) is 0 Å². The van der Waals surface area contributed by atoms with E-state index in [4.69, 9.17) is 5.73 Å². The van der Waals surface area contributed by atoms with Gasteiger partial charge in [-0.3, -0.25) is 0 Å². The summed E-state index contributed by atoms with van der Waals surface area (Å²) in [6, 6.07) is 2.00. The molecule has 2 rings (SSSR count). The average Bonchev–Trinajstić information content (AvgIpc) is 2.82. The standard InChI is InChI=1S/C13H21N5/c1-11(2)10-17(8-3-5-14)13-12-4-6-16-18(12)9-7-15-13/h4,6-7,9,11H,3,5,8,10,14H2,1-2H3. The summed E-state index contributed by atoms with van der Waals surface area (Å²) in [7, 11) is 0.